The lowest BCUT2D eigenvalue weighted by Crippen LogP contribution is -2.51. The van der Waals surface area contributed by atoms with Gasteiger partial charge < -0.3 is 9.80 Å². The molecule has 0 radical (unpaired) electrons. The van der Waals surface area contributed by atoms with E-state index in [1.165, 1.54) is 19.3 Å². The second-order valence-electron chi connectivity index (χ2n) is 5.94. The van der Waals surface area contributed by atoms with Crippen molar-refractivity contribution in [3.05, 3.63) is 0 Å². The predicted molar refractivity (Wildman–Crippen MR) is 78.1 cm³/mol. The largest absolute Gasteiger partial charge is 0.339 e. The number of nitrogens with zero attached hydrogens (tertiary/aromatic N) is 3. The Morgan fingerprint density at radius 3 is 2.11 bits per heavy atom. The van der Waals surface area contributed by atoms with Crippen molar-refractivity contribution in [3.63, 3.8) is 0 Å². The third-order valence-electron chi connectivity index (χ3n) is 4.82. The summed E-state index contributed by atoms with van der Waals surface area (Å²) in [6, 6.07) is 0. The molecule has 0 N–H and O–H groups in total. The highest BCUT2D eigenvalue weighted by molar-refractivity contribution is 5.78. The van der Waals surface area contributed by atoms with Crippen molar-refractivity contribution in [2.45, 2.75) is 33.1 Å². The number of likely N-dealkylation sites (N-methyl/N-ethyl adjacent to an activating group) is 1. The van der Waals surface area contributed by atoms with E-state index in [1.807, 2.05) is 0 Å². The predicted octanol–water partition coefficient (Wildman–Crippen LogP) is 1.27. The molecule has 0 atom stereocenters. The average Bonchev–Trinajstić information content (AvgIpc) is 2.48. The molecule has 4 heteroatoms. The molecule has 2 fully saturated rings. The van der Waals surface area contributed by atoms with Crippen molar-refractivity contribution in [1.29, 1.82) is 0 Å². The van der Waals surface area contributed by atoms with Gasteiger partial charge in [0, 0.05) is 26.2 Å². The minimum atomic E-state index is 0.339. The zero-order valence-electron chi connectivity index (χ0n) is 12.6. The summed E-state index contributed by atoms with van der Waals surface area (Å²) in [4.78, 5) is 19.1. The highest BCUT2D eigenvalue weighted by Crippen LogP contribution is 2.19. The van der Waals surface area contributed by atoms with Crippen LogP contribution < -0.4 is 0 Å². The smallest absolute Gasteiger partial charge is 0.236 e. The van der Waals surface area contributed by atoms with Gasteiger partial charge in [-0.15, -0.1) is 0 Å². The van der Waals surface area contributed by atoms with Crippen LogP contribution in [0.25, 0.3) is 0 Å². The second kappa shape index (κ2) is 7.25. The summed E-state index contributed by atoms with van der Waals surface area (Å²) < 4.78 is 0. The summed E-state index contributed by atoms with van der Waals surface area (Å²) in [5.74, 6) is 1.23. The first-order valence-corrected chi connectivity index (χ1v) is 7.95. The van der Waals surface area contributed by atoms with Gasteiger partial charge in [-0.2, -0.15) is 0 Å². The lowest BCUT2D eigenvalue weighted by Gasteiger charge is -2.36. The van der Waals surface area contributed by atoms with Gasteiger partial charge in [0.25, 0.3) is 0 Å². The standard InChI is InChI=1S/C15H29N3O/c1-3-14-5-7-17(8-6-14)13-15(19)18-11-9-16(4-2)10-12-18/h14H,3-13H2,1-2H3. The van der Waals surface area contributed by atoms with Gasteiger partial charge in [-0.05, 0) is 38.4 Å². The van der Waals surface area contributed by atoms with Gasteiger partial charge in [0.15, 0.2) is 0 Å². The topological polar surface area (TPSA) is 26.8 Å². The highest BCUT2D eigenvalue weighted by Gasteiger charge is 2.24. The summed E-state index contributed by atoms with van der Waals surface area (Å²) in [6.45, 7) is 12.3. The third kappa shape index (κ3) is 4.18. The fourth-order valence-electron chi connectivity index (χ4n) is 3.16. The van der Waals surface area contributed by atoms with E-state index in [0.29, 0.717) is 12.5 Å². The van der Waals surface area contributed by atoms with E-state index in [4.69, 9.17) is 0 Å². The normalized spacial score (nSPS) is 23.8. The Hall–Kier alpha value is -0.610. The van der Waals surface area contributed by atoms with Gasteiger partial charge in [0.2, 0.25) is 5.91 Å². The van der Waals surface area contributed by atoms with Crippen LogP contribution in [0.1, 0.15) is 33.1 Å². The van der Waals surface area contributed by atoms with Crippen molar-refractivity contribution in [3.8, 4) is 0 Å². The van der Waals surface area contributed by atoms with Crippen molar-refractivity contribution in [2.24, 2.45) is 5.92 Å². The monoisotopic (exact) mass is 267 g/mol. The summed E-state index contributed by atoms with van der Waals surface area (Å²) in [6.07, 6.45) is 3.83. The van der Waals surface area contributed by atoms with E-state index in [2.05, 4.69) is 28.5 Å². The van der Waals surface area contributed by atoms with Crippen LogP contribution in [0.2, 0.25) is 0 Å². The molecule has 2 rings (SSSR count). The molecule has 2 aliphatic heterocycles. The number of hydrogen-bond donors (Lipinski definition) is 0. The van der Waals surface area contributed by atoms with Gasteiger partial charge in [-0.3, -0.25) is 9.69 Å². The number of piperidine rings is 1. The Labute approximate surface area is 117 Å². The maximum atomic E-state index is 12.3. The van der Waals surface area contributed by atoms with E-state index in [1.54, 1.807) is 0 Å². The molecule has 0 aromatic rings. The number of carbonyl (C=O) groups excluding carboxylic acids is 1. The molecular weight excluding hydrogens is 238 g/mol. The lowest BCUT2D eigenvalue weighted by atomic mass is 9.94. The zero-order valence-corrected chi connectivity index (χ0v) is 12.6. The quantitative estimate of drug-likeness (QED) is 0.767. The van der Waals surface area contributed by atoms with Crippen molar-refractivity contribution < 1.29 is 4.79 Å². The highest BCUT2D eigenvalue weighted by atomic mass is 16.2. The second-order valence-corrected chi connectivity index (χ2v) is 5.94. The molecule has 0 aromatic heterocycles. The van der Waals surface area contributed by atoms with Crippen molar-refractivity contribution in [1.82, 2.24) is 14.7 Å². The molecule has 0 spiro atoms. The Balaban J connectivity index is 1.70. The number of likely N-dealkylation sites (tertiary alicyclic amines) is 1. The number of amides is 1. The van der Waals surface area contributed by atoms with Crippen LogP contribution in [0.3, 0.4) is 0 Å². The van der Waals surface area contributed by atoms with Crippen LogP contribution in [-0.2, 0) is 4.79 Å². The number of carbonyl (C=O) groups is 1. The lowest BCUT2D eigenvalue weighted by molar-refractivity contribution is -0.134. The summed E-state index contributed by atoms with van der Waals surface area (Å²) in [7, 11) is 0. The maximum Gasteiger partial charge on any atom is 0.236 e. The molecule has 0 aromatic carbocycles. The zero-order chi connectivity index (χ0) is 13.7. The van der Waals surface area contributed by atoms with E-state index in [9.17, 15) is 4.79 Å². The van der Waals surface area contributed by atoms with Crippen LogP contribution in [0.15, 0.2) is 0 Å². The Morgan fingerprint density at radius 2 is 1.58 bits per heavy atom. The molecule has 0 saturated carbocycles. The number of rotatable bonds is 4. The van der Waals surface area contributed by atoms with Gasteiger partial charge in [0.05, 0.1) is 6.54 Å². The van der Waals surface area contributed by atoms with Crippen LogP contribution in [0.5, 0.6) is 0 Å². The van der Waals surface area contributed by atoms with Gasteiger partial charge in [-0.25, -0.2) is 0 Å². The molecule has 2 aliphatic rings. The van der Waals surface area contributed by atoms with Gasteiger partial charge >= 0.3 is 0 Å². The van der Waals surface area contributed by atoms with Crippen LogP contribution in [0.4, 0.5) is 0 Å². The van der Waals surface area contributed by atoms with Crippen LogP contribution >= 0.6 is 0 Å². The number of hydrogen-bond acceptors (Lipinski definition) is 3. The Bertz CT molecular complexity index is 279. The maximum absolute atomic E-state index is 12.3. The van der Waals surface area contributed by atoms with E-state index in [-0.39, 0.29) is 0 Å². The van der Waals surface area contributed by atoms with Crippen molar-refractivity contribution in [2.75, 3.05) is 52.4 Å². The minimum Gasteiger partial charge on any atom is -0.339 e. The Morgan fingerprint density at radius 1 is 0.947 bits per heavy atom. The van der Waals surface area contributed by atoms with E-state index in [0.717, 1.165) is 51.7 Å². The van der Waals surface area contributed by atoms with Crippen molar-refractivity contribution >= 4 is 5.91 Å². The molecule has 110 valence electrons. The Kier molecular flexibility index (Phi) is 5.64. The summed E-state index contributed by atoms with van der Waals surface area (Å²) >= 11 is 0. The molecule has 4 nitrogen and oxygen atoms in total. The molecule has 0 bridgehead atoms. The third-order valence-corrected chi connectivity index (χ3v) is 4.82. The first kappa shape index (κ1) is 14.8. The van der Waals surface area contributed by atoms with Crippen LogP contribution in [0, 0.1) is 5.92 Å². The molecule has 2 saturated heterocycles. The van der Waals surface area contributed by atoms with E-state index >= 15 is 0 Å². The molecule has 0 aliphatic carbocycles. The van der Waals surface area contributed by atoms with Gasteiger partial charge in [0.1, 0.15) is 0 Å². The number of piperazine rings is 1. The molecule has 1 amide bonds. The van der Waals surface area contributed by atoms with Gasteiger partial charge in [-0.1, -0.05) is 20.3 Å². The van der Waals surface area contributed by atoms with Crippen LogP contribution in [-0.4, -0.2) is 73.0 Å². The molecular formula is C15H29N3O. The minimum absolute atomic E-state index is 0.339. The summed E-state index contributed by atoms with van der Waals surface area (Å²) in [5.41, 5.74) is 0. The SMILES string of the molecule is CCC1CCN(CC(=O)N2CCN(CC)CC2)CC1. The fourth-order valence-corrected chi connectivity index (χ4v) is 3.16. The summed E-state index contributed by atoms with van der Waals surface area (Å²) in [5, 5.41) is 0. The fraction of sp³-hybridized carbons (Fsp3) is 0.933. The van der Waals surface area contributed by atoms with E-state index < -0.39 is 0 Å². The molecule has 0 unspecified atom stereocenters. The first-order valence-electron chi connectivity index (χ1n) is 7.95. The first-order chi connectivity index (χ1) is 9.22. The molecule has 2 heterocycles. The average molecular weight is 267 g/mol. The molecule has 19 heavy (non-hydrogen) atoms.